The monoisotopic (exact) mass is 368 g/mol. The molecule has 0 amide bonds. The fourth-order valence-corrected chi connectivity index (χ4v) is 2.54. The second kappa shape index (κ2) is 8.69. The molecule has 21 heavy (non-hydrogen) atoms. The van der Waals surface area contributed by atoms with Gasteiger partial charge in [0.2, 0.25) is 0 Å². The van der Waals surface area contributed by atoms with Crippen molar-refractivity contribution in [3.8, 4) is 10.6 Å². The minimum atomic E-state index is -0.327. The number of ether oxygens (including phenoxy) is 1. The molecule has 2 rings (SSSR count). The number of halogens is 1. The number of pyridine rings is 1. The zero-order chi connectivity index (χ0) is 15.8. The molecule has 0 saturated carbocycles. The zero-order valence-corrected chi connectivity index (χ0v) is 14.6. The minimum absolute atomic E-state index is 0.161. The van der Waals surface area contributed by atoms with Crippen molar-refractivity contribution in [2.24, 2.45) is 0 Å². The third-order valence-electron chi connectivity index (χ3n) is 2.23. The minimum Gasteiger partial charge on any atom is -0.461 e. The zero-order valence-electron chi connectivity index (χ0n) is 12.2. The number of esters is 1. The Morgan fingerprint density at radius 3 is 2.76 bits per heavy atom. The van der Waals surface area contributed by atoms with Gasteiger partial charge in [-0.2, -0.15) is 0 Å². The molecule has 0 atom stereocenters. The maximum atomic E-state index is 10.7. The van der Waals surface area contributed by atoms with Gasteiger partial charge in [-0.1, -0.05) is 26.5 Å². The van der Waals surface area contributed by atoms with Crippen LogP contribution < -0.4 is 0 Å². The lowest BCUT2D eigenvalue weighted by atomic mass is 10.3. The van der Waals surface area contributed by atoms with Crippen molar-refractivity contribution in [2.75, 3.05) is 6.61 Å². The molecule has 0 aliphatic carbocycles. The van der Waals surface area contributed by atoms with Gasteiger partial charge in [-0.15, -0.1) is 11.3 Å². The van der Waals surface area contributed by atoms with Gasteiger partial charge in [0, 0.05) is 18.7 Å². The van der Waals surface area contributed by atoms with Crippen LogP contribution in [0.1, 0.15) is 25.8 Å². The van der Waals surface area contributed by atoms with Crippen LogP contribution in [0.25, 0.3) is 16.1 Å². The molecule has 4 nitrogen and oxygen atoms in total. The van der Waals surface area contributed by atoms with E-state index < -0.39 is 0 Å². The summed E-state index contributed by atoms with van der Waals surface area (Å²) in [6.45, 7) is 9.39. The van der Waals surface area contributed by atoms with Gasteiger partial charge in [-0.05, 0) is 28.1 Å². The molecule has 2 aromatic heterocycles. The van der Waals surface area contributed by atoms with Gasteiger partial charge >= 0.3 is 5.97 Å². The number of carbonyl (C=O) groups excluding carboxylic acids is 1. The Kier molecular flexibility index (Phi) is 7.25. The Bertz CT molecular complexity index is 626. The second-order valence-electron chi connectivity index (χ2n) is 3.76. The van der Waals surface area contributed by atoms with E-state index in [1.165, 1.54) is 18.3 Å². The lowest BCUT2D eigenvalue weighted by Crippen LogP contribution is -2.01. The van der Waals surface area contributed by atoms with E-state index in [9.17, 15) is 4.79 Å². The number of carbonyl (C=O) groups is 1. The third kappa shape index (κ3) is 5.40. The lowest BCUT2D eigenvalue weighted by Gasteiger charge is -2.01. The fourth-order valence-electron chi connectivity index (χ4n) is 1.35. The number of nitrogens with zero attached hydrogens (tertiary/aromatic N) is 2. The molecule has 0 saturated heterocycles. The second-order valence-corrected chi connectivity index (χ2v) is 5.60. The SMILES string of the molecule is C=C(COC(C)=O)c1ncc(-c2cccc(Br)n2)s1.CC. The first-order valence-corrected chi connectivity index (χ1v) is 8.07. The van der Waals surface area contributed by atoms with Gasteiger partial charge in [0.05, 0.1) is 10.6 Å². The van der Waals surface area contributed by atoms with E-state index >= 15 is 0 Å². The molecule has 0 fully saturated rings. The molecule has 0 N–H and O–H groups in total. The molecule has 0 spiro atoms. The molecule has 0 aliphatic rings. The van der Waals surface area contributed by atoms with Crippen molar-refractivity contribution < 1.29 is 9.53 Å². The van der Waals surface area contributed by atoms with Crippen LogP contribution in [0.15, 0.2) is 35.6 Å². The van der Waals surface area contributed by atoms with E-state index in [2.05, 4.69) is 32.5 Å². The molecule has 2 heterocycles. The molecular formula is C15H17BrN2O2S. The van der Waals surface area contributed by atoms with E-state index in [0.717, 1.165) is 20.2 Å². The van der Waals surface area contributed by atoms with Crippen LogP contribution in [0.5, 0.6) is 0 Å². The number of hydrogen-bond acceptors (Lipinski definition) is 5. The predicted octanol–water partition coefficient (Wildman–Crippen LogP) is 4.57. The highest BCUT2D eigenvalue weighted by molar-refractivity contribution is 9.10. The standard InChI is InChI=1S/C13H11BrN2O2S.C2H6/c1-8(7-18-9(2)17)13-15-6-11(19-13)10-4-3-5-12(14)16-10;1-2/h3-6H,1,7H2,2H3;1-2H3. The molecule has 0 unspecified atom stereocenters. The number of hydrogen-bond donors (Lipinski definition) is 0. The van der Waals surface area contributed by atoms with Crippen molar-refractivity contribution in [1.29, 1.82) is 0 Å². The van der Waals surface area contributed by atoms with Crippen molar-refractivity contribution in [3.05, 3.63) is 40.6 Å². The summed E-state index contributed by atoms with van der Waals surface area (Å²) in [6.07, 6.45) is 1.74. The van der Waals surface area contributed by atoms with Gasteiger partial charge in [0.1, 0.15) is 16.2 Å². The average molecular weight is 369 g/mol. The summed E-state index contributed by atoms with van der Waals surface area (Å²) in [4.78, 5) is 20.3. The van der Waals surface area contributed by atoms with Crippen molar-refractivity contribution in [1.82, 2.24) is 9.97 Å². The largest absolute Gasteiger partial charge is 0.461 e. The van der Waals surface area contributed by atoms with Gasteiger partial charge in [0.25, 0.3) is 0 Å². The van der Waals surface area contributed by atoms with Gasteiger partial charge in [-0.25, -0.2) is 9.97 Å². The van der Waals surface area contributed by atoms with Gasteiger partial charge < -0.3 is 4.74 Å². The molecule has 0 aromatic carbocycles. The summed E-state index contributed by atoms with van der Waals surface area (Å²) in [5, 5.41) is 0.748. The maximum Gasteiger partial charge on any atom is 0.302 e. The summed E-state index contributed by atoms with van der Waals surface area (Å²) >= 11 is 4.80. The highest BCUT2D eigenvalue weighted by atomic mass is 79.9. The molecule has 0 aliphatic heterocycles. The Morgan fingerprint density at radius 1 is 1.43 bits per heavy atom. The summed E-state index contributed by atoms with van der Waals surface area (Å²) < 4.78 is 5.67. The van der Waals surface area contributed by atoms with Crippen LogP contribution >= 0.6 is 27.3 Å². The average Bonchev–Trinajstić information content (AvgIpc) is 2.97. The van der Waals surface area contributed by atoms with Crippen molar-refractivity contribution in [3.63, 3.8) is 0 Å². The Hall–Kier alpha value is -1.53. The summed E-state index contributed by atoms with van der Waals surface area (Å²) in [5.74, 6) is -0.327. The summed E-state index contributed by atoms with van der Waals surface area (Å²) in [7, 11) is 0. The van der Waals surface area contributed by atoms with E-state index in [1.54, 1.807) is 6.20 Å². The van der Waals surface area contributed by atoms with E-state index in [-0.39, 0.29) is 12.6 Å². The van der Waals surface area contributed by atoms with Crippen LogP contribution in [0.2, 0.25) is 0 Å². The Balaban J connectivity index is 0.00000106. The molecule has 112 valence electrons. The van der Waals surface area contributed by atoms with Crippen LogP contribution in [0.4, 0.5) is 0 Å². The smallest absolute Gasteiger partial charge is 0.302 e. The van der Waals surface area contributed by atoms with Crippen LogP contribution in [0.3, 0.4) is 0 Å². The summed E-state index contributed by atoms with van der Waals surface area (Å²) in [6, 6.07) is 5.70. The Labute approximate surface area is 137 Å². The lowest BCUT2D eigenvalue weighted by molar-refractivity contribution is -0.139. The molecule has 2 aromatic rings. The molecular weight excluding hydrogens is 352 g/mol. The van der Waals surface area contributed by atoms with Gasteiger partial charge in [0.15, 0.2) is 0 Å². The van der Waals surface area contributed by atoms with E-state index in [0.29, 0.717) is 5.57 Å². The quantitative estimate of drug-likeness (QED) is 0.585. The van der Waals surface area contributed by atoms with Gasteiger partial charge in [-0.3, -0.25) is 4.79 Å². The van der Waals surface area contributed by atoms with Crippen LogP contribution in [-0.4, -0.2) is 22.5 Å². The Morgan fingerprint density at radius 2 is 2.14 bits per heavy atom. The highest BCUT2D eigenvalue weighted by Gasteiger charge is 2.09. The van der Waals surface area contributed by atoms with E-state index in [4.69, 9.17) is 4.74 Å². The van der Waals surface area contributed by atoms with Crippen LogP contribution in [0, 0.1) is 0 Å². The predicted molar refractivity (Wildman–Crippen MR) is 90.1 cm³/mol. The maximum absolute atomic E-state index is 10.7. The summed E-state index contributed by atoms with van der Waals surface area (Å²) in [5.41, 5.74) is 1.53. The highest BCUT2D eigenvalue weighted by Crippen LogP contribution is 2.28. The number of aromatic nitrogens is 2. The number of thiazole rings is 1. The molecule has 6 heteroatoms. The molecule has 0 bridgehead atoms. The first-order chi connectivity index (χ1) is 10.1. The number of rotatable bonds is 4. The first kappa shape index (κ1) is 17.5. The topological polar surface area (TPSA) is 52.1 Å². The normalized spacial score (nSPS) is 9.52. The molecule has 0 radical (unpaired) electrons. The fraction of sp³-hybridized carbons (Fsp3) is 0.267. The van der Waals surface area contributed by atoms with E-state index in [1.807, 2.05) is 32.0 Å². The van der Waals surface area contributed by atoms with Crippen molar-refractivity contribution in [2.45, 2.75) is 20.8 Å². The third-order valence-corrected chi connectivity index (χ3v) is 3.79. The first-order valence-electron chi connectivity index (χ1n) is 6.46. The van der Waals surface area contributed by atoms with Crippen molar-refractivity contribution >= 4 is 38.8 Å². The van der Waals surface area contributed by atoms with Crippen LogP contribution in [-0.2, 0) is 9.53 Å².